The maximum Gasteiger partial charge on any atom is 0.263 e. The van der Waals surface area contributed by atoms with Crippen molar-refractivity contribution < 1.29 is 17.9 Å². The number of sulfonamides is 1. The fraction of sp³-hybridized carbons (Fsp3) is 0.150. The zero-order valence-electron chi connectivity index (χ0n) is 17.4. The maximum absolute atomic E-state index is 12.6. The van der Waals surface area contributed by atoms with Gasteiger partial charge in [0.25, 0.3) is 15.9 Å². The molecule has 1 heterocycles. The number of nitrogens with zero attached hydrogens (tertiary/aromatic N) is 2. The molecule has 0 aliphatic rings. The van der Waals surface area contributed by atoms with Gasteiger partial charge in [-0.2, -0.15) is 0 Å². The molecule has 2 aromatic carbocycles. The number of aromatic nitrogens is 2. The van der Waals surface area contributed by atoms with Crippen LogP contribution >= 0.6 is 58.0 Å². The van der Waals surface area contributed by atoms with Crippen molar-refractivity contribution in [3.05, 3.63) is 67.0 Å². The number of ether oxygens (including phenoxy) is 1. The Hall–Kier alpha value is -2.01. The van der Waals surface area contributed by atoms with Crippen molar-refractivity contribution in [2.24, 2.45) is 0 Å². The lowest BCUT2D eigenvalue weighted by molar-refractivity contribution is -0.118. The molecule has 0 aliphatic heterocycles. The fourth-order valence-corrected chi connectivity index (χ4v) is 4.95. The molecule has 0 fully saturated rings. The lowest BCUT2D eigenvalue weighted by Crippen LogP contribution is -2.20. The van der Waals surface area contributed by atoms with Crippen LogP contribution in [0.4, 0.5) is 11.5 Å². The van der Waals surface area contributed by atoms with Crippen LogP contribution in [0.25, 0.3) is 0 Å². The maximum atomic E-state index is 12.6. The molecule has 3 rings (SSSR count). The molecule has 0 spiro atoms. The highest BCUT2D eigenvalue weighted by Gasteiger charge is 2.21. The van der Waals surface area contributed by atoms with Gasteiger partial charge in [0.05, 0.1) is 20.0 Å². The molecule has 8 nitrogen and oxygen atoms in total. The standard InChI is InChI=1S/C20H15Cl5N4O4S/c1-9-7-13(27-10(2)26-9)29-34(31,32)12-5-3-11(4-6-12)28-14(30)8-33-20-18(24)16(22)15(21)17(23)19(20)25/h3-7H,8H2,1-2H3,(H,28,30)(H,26,27,29). The van der Waals surface area contributed by atoms with Crippen LogP contribution in [-0.4, -0.2) is 30.9 Å². The quantitative estimate of drug-likeness (QED) is 0.254. The third-order valence-corrected chi connectivity index (χ3v) is 7.78. The fourth-order valence-electron chi connectivity index (χ4n) is 2.73. The number of rotatable bonds is 7. The first-order chi connectivity index (χ1) is 15.9. The van der Waals surface area contributed by atoms with E-state index in [0.29, 0.717) is 17.2 Å². The number of hydrogen-bond donors (Lipinski definition) is 2. The second-order valence-electron chi connectivity index (χ2n) is 6.81. The van der Waals surface area contributed by atoms with Crippen molar-refractivity contribution >= 4 is 85.4 Å². The van der Waals surface area contributed by atoms with Crippen molar-refractivity contribution in [1.29, 1.82) is 0 Å². The summed E-state index contributed by atoms with van der Waals surface area (Å²) in [5.74, 6) is -0.0847. The van der Waals surface area contributed by atoms with Crippen molar-refractivity contribution in [3.8, 4) is 5.75 Å². The van der Waals surface area contributed by atoms with Gasteiger partial charge in [0.2, 0.25) is 0 Å². The lowest BCUT2D eigenvalue weighted by atomic mass is 10.3. The highest BCUT2D eigenvalue weighted by molar-refractivity contribution is 7.92. The zero-order valence-corrected chi connectivity index (χ0v) is 22.0. The molecule has 34 heavy (non-hydrogen) atoms. The van der Waals surface area contributed by atoms with Gasteiger partial charge in [0.15, 0.2) is 12.4 Å². The highest BCUT2D eigenvalue weighted by Crippen LogP contribution is 2.48. The van der Waals surface area contributed by atoms with Gasteiger partial charge in [-0.25, -0.2) is 18.4 Å². The lowest BCUT2D eigenvalue weighted by Gasteiger charge is -2.14. The van der Waals surface area contributed by atoms with Gasteiger partial charge in [0.1, 0.15) is 21.7 Å². The summed E-state index contributed by atoms with van der Waals surface area (Å²) in [7, 11) is -3.90. The van der Waals surface area contributed by atoms with E-state index in [-0.39, 0.29) is 41.6 Å². The molecule has 0 aliphatic carbocycles. The Kier molecular flexibility index (Phi) is 8.38. The molecule has 0 atom stereocenters. The highest BCUT2D eigenvalue weighted by atomic mass is 35.5. The third-order valence-electron chi connectivity index (χ3n) is 4.17. The summed E-state index contributed by atoms with van der Waals surface area (Å²) >= 11 is 30.0. The van der Waals surface area contributed by atoms with Crippen LogP contribution in [0.3, 0.4) is 0 Å². The number of carbonyl (C=O) groups is 1. The largest absolute Gasteiger partial charge is 0.481 e. The number of halogens is 5. The topological polar surface area (TPSA) is 110 Å². The van der Waals surface area contributed by atoms with Gasteiger partial charge in [0, 0.05) is 17.4 Å². The number of benzene rings is 2. The number of carbonyl (C=O) groups excluding carboxylic acids is 1. The van der Waals surface area contributed by atoms with Crippen LogP contribution in [0.1, 0.15) is 11.5 Å². The SMILES string of the molecule is Cc1cc(NS(=O)(=O)c2ccc(NC(=O)COc3c(Cl)c(Cl)c(Cl)c(Cl)c3Cl)cc2)nc(C)n1. The normalized spacial score (nSPS) is 11.3. The number of aryl methyl sites for hydroxylation is 2. The van der Waals surface area contributed by atoms with E-state index in [1.54, 1.807) is 13.8 Å². The van der Waals surface area contributed by atoms with Crippen molar-refractivity contribution in [3.63, 3.8) is 0 Å². The van der Waals surface area contributed by atoms with E-state index < -0.39 is 22.5 Å². The van der Waals surface area contributed by atoms with Crippen molar-refractivity contribution in [2.45, 2.75) is 18.7 Å². The number of nitrogens with one attached hydrogen (secondary N) is 2. The van der Waals surface area contributed by atoms with Gasteiger partial charge in [-0.05, 0) is 38.1 Å². The smallest absolute Gasteiger partial charge is 0.263 e. The first-order valence-electron chi connectivity index (χ1n) is 9.28. The Labute approximate surface area is 220 Å². The number of anilines is 2. The molecule has 1 amide bonds. The van der Waals surface area contributed by atoms with Crippen LogP contribution < -0.4 is 14.8 Å². The molecule has 0 bridgehead atoms. The minimum Gasteiger partial charge on any atom is -0.481 e. The van der Waals surface area contributed by atoms with Crippen LogP contribution in [0.2, 0.25) is 25.1 Å². The average molecular weight is 585 g/mol. The monoisotopic (exact) mass is 582 g/mol. The molecule has 0 saturated heterocycles. The molecule has 0 unspecified atom stereocenters. The number of hydrogen-bond acceptors (Lipinski definition) is 6. The summed E-state index contributed by atoms with van der Waals surface area (Å²) < 4.78 is 33.0. The summed E-state index contributed by atoms with van der Waals surface area (Å²) in [6.07, 6.45) is 0. The number of amides is 1. The zero-order chi connectivity index (χ0) is 25.2. The molecule has 0 radical (unpaired) electrons. The summed E-state index contributed by atoms with van der Waals surface area (Å²) in [6.45, 7) is 2.90. The predicted molar refractivity (Wildman–Crippen MR) is 134 cm³/mol. The average Bonchev–Trinajstić information content (AvgIpc) is 2.75. The summed E-state index contributed by atoms with van der Waals surface area (Å²) in [5, 5.41) is 2.21. The van der Waals surface area contributed by atoms with Gasteiger partial charge in [-0.15, -0.1) is 0 Å². The first kappa shape index (κ1) is 26.6. The second kappa shape index (κ2) is 10.7. The van der Waals surface area contributed by atoms with E-state index in [1.807, 2.05) is 0 Å². The molecular weight excluding hydrogens is 570 g/mol. The molecular formula is C20H15Cl5N4O4S. The first-order valence-corrected chi connectivity index (χ1v) is 12.7. The minimum atomic E-state index is -3.90. The van der Waals surface area contributed by atoms with E-state index in [4.69, 9.17) is 62.7 Å². The summed E-state index contributed by atoms with van der Waals surface area (Å²) in [4.78, 5) is 20.4. The molecule has 1 aromatic heterocycles. The summed E-state index contributed by atoms with van der Waals surface area (Å²) in [6, 6.07) is 6.99. The van der Waals surface area contributed by atoms with Crippen LogP contribution in [0.5, 0.6) is 5.75 Å². The van der Waals surface area contributed by atoms with E-state index in [0.717, 1.165) is 0 Å². The van der Waals surface area contributed by atoms with Crippen LogP contribution in [0, 0.1) is 13.8 Å². The second-order valence-corrected chi connectivity index (χ2v) is 10.4. The Morgan fingerprint density at radius 1 is 0.912 bits per heavy atom. The van der Waals surface area contributed by atoms with Gasteiger partial charge in [-0.1, -0.05) is 58.0 Å². The van der Waals surface area contributed by atoms with Crippen molar-refractivity contribution in [2.75, 3.05) is 16.6 Å². The Balaban J connectivity index is 1.66. The Morgan fingerprint density at radius 3 is 2.03 bits per heavy atom. The summed E-state index contributed by atoms with van der Waals surface area (Å²) in [5.41, 5.74) is 0.946. The molecule has 3 aromatic rings. The molecule has 0 saturated carbocycles. The Bertz CT molecular complexity index is 1320. The van der Waals surface area contributed by atoms with Gasteiger partial charge in [-0.3, -0.25) is 9.52 Å². The van der Waals surface area contributed by atoms with E-state index >= 15 is 0 Å². The third kappa shape index (κ3) is 6.16. The van der Waals surface area contributed by atoms with E-state index in [2.05, 4.69) is 20.0 Å². The Morgan fingerprint density at radius 2 is 1.47 bits per heavy atom. The van der Waals surface area contributed by atoms with E-state index in [1.165, 1.54) is 30.3 Å². The van der Waals surface area contributed by atoms with Gasteiger partial charge >= 0.3 is 0 Å². The predicted octanol–water partition coefficient (Wildman–Crippen LogP) is 6.18. The van der Waals surface area contributed by atoms with E-state index in [9.17, 15) is 13.2 Å². The molecule has 180 valence electrons. The van der Waals surface area contributed by atoms with Crippen molar-refractivity contribution in [1.82, 2.24) is 9.97 Å². The minimum absolute atomic E-state index is 0.0281. The van der Waals surface area contributed by atoms with Gasteiger partial charge < -0.3 is 10.1 Å². The molecule has 2 N–H and O–H groups in total. The van der Waals surface area contributed by atoms with Crippen LogP contribution in [-0.2, 0) is 14.8 Å². The molecule has 14 heteroatoms. The van der Waals surface area contributed by atoms with Crippen LogP contribution in [0.15, 0.2) is 35.2 Å².